The second-order valence-corrected chi connectivity index (χ2v) is 6.93. The highest BCUT2D eigenvalue weighted by Crippen LogP contribution is 2.31. The van der Waals surface area contributed by atoms with Gasteiger partial charge in [0.2, 0.25) is 10.0 Å². The van der Waals surface area contributed by atoms with Crippen LogP contribution in [0, 0.1) is 18.2 Å². The lowest BCUT2D eigenvalue weighted by Crippen LogP contribution is -2.11. The lowest BCUT2D eigenvalue weighted by atomic mass is 10.0. The molecule has 3 rings (SSSR count). The van der Waals surface area contributed by atoms with Gasteiger partial charge in [-0.1, -0.05) is 30.2 Å². The molecule has 5 nitrogen and oxygen atoms in total. The fourth-order valence-electron chi connectivity index (χ4n) is 2.45. The van der Waals surface area contributed by atoms with Crippen LogP contribution in [0.1, 0.15) is 0 Å². The minimum absolute atomic E-state index is 0.0163. The first-order valence-electron chi connectivity index (χ1n) is 7.28. The number of benzene rings is 2. The van der Waals surface area contributed by atoms with Crippen LogP contribution in [0.15, 0.2) is 59.6 Å². The summed E-state index contributed by atoms with van der Waals surface area (Å²) >= 11 is 0. The van der Waals surface area contributed by atoms with E-state index in [0.717, 1.165) is 11.1 Å². The highest BCUT2D eigenvalue weighted by atomic mass is 32.2. The Balaban J connectivity index is 2.11. The quantitative estimate of drug-likeness (QED) is 0.731. The van der Waals surface area contributed by atoms with E-state index in [0.29, 0.717) is 11.3 Å². The Morgan fingerprint density at radius 2 is 1.68 bits per heavy atom. The SMILES string of the molecule is C#CCn1cc(-c2ccc(F)cc2)c(-c2ccc(S(N)(=O)=O)cc2)n1. The van der Waals surface area contributed by atoms with Crippen molar-refractivity contribution < 1.29 is 12.8 Å². The van der Waals surface area contributed by atoms with Gasteiger partial charge in [-0.05, 0) is 29.8 Å². The number of sulfonamides is 1. The third-order valence-corrected chi connectivity index (χ3v) is 4.56. The highest BCUT2D eigenvalue weighted by molar-refractivity contribution is 7.89. The predicted molar refractivity (Wildman–Crippen MR) is 93.3 cm³/mol. The molecular weight excluding hydrogens is 341 g/mol. The molecule has 2 aromatic carbocycles. The molecule has 0 saturated heterocycles. The first kappa shape index (κ1) is 16.9. The number of aromatic nitrogens is 2. The van der Waals surface area contributed by atoms with Gasteiger partial charge in [0.05, 0.1) is 4.90 Å². The topological polar surface area (TPSA) is 78.0 Å². The molecule has 0 bridgehead atoms. The number of nitrogens with zero attached hydrogens (tertiary/aromatic N) is 2. The fourth-order valence-corrected chi connectivity index (χ4v) is 2.97. The Morgan fingerprint density at radius 1 is 1.08 bits per heavy atom. The summed E-state index contributed by atoms with van der Waals surface area (Å²) in [6, 6.07) is 12.1. The van der Waals surface area contributed by atoms with E-state index in [2.05, 4.69) is 11.0 Å². The normalized spacial score (nSPS) is 11.2. The molecule has 126 valence electrons. The van der Waals surface area contributed by atoms with Gasteiger partial charge in [-0.25, -0.2) is 17.9 Å². The summed E-state index contributed by atoms with van der Waals surface area (Å²) in [4.78, 5) is 0.0163. The van der Waals surface area contributed by atoms with Crippen molar-refractivity contribution in [2.45, 2.75) is 11.4 Å². The summed E-state index contributed by atoms with van der Waals surface area (Å²) in [5, 5.41) is 9.58. The van der Waals surface area contributed by atoms with E-state index in [4.69, 9.17) is 11.6 Å². The molecule has 0 radical (unpaired) electrons. The van der Waals surface area contributed by atoms with Crippen LogP contribution in [-0.2, 0) is 16.6 Å². The zero-order valence-electron chi connectivity index (χ0n) is 13.1. The van der Waals surface area contributed by atoms with Crippen LogP contribution in [-0.4, -0.2) is 18.2 Å². The summed E-state index contributed by atoms with van der Waals surface area (Å²) in [5.74, 6) is 2.18. The monoisotopic (exact) mass is 355 g/mol. The average molecular weight is 355 g/mol. The van der Waals surface area contributed by atoms with Gasteiger partial charge in [-0.15, -0.1) is 6.42 Å². The van der Waals surface area contributed by atoms with Crippen LogP contribution in [0.2, 0.25) is 0 Å². The van der Waals surface area contributed by atoms with Crippen LogP contribution >= 0.6 is 0 Å². The standard InChI is InChI=1S/C18H14FN3O2S/c1-2-11-22-12-17(13-3-7-15(19)8-4-13)18(21-22)14-5-9-16(10-6-14)25(20,23)24/h1,3-10,12H,11H2,(H2,20,23,24). The van der Waals surface area contributed by atoms with E-state index < -0.39 is 10.0 Å². The molecule has 0 aliphatic carbocycles. The van der Waals surface area contributed by atoms with Crippen molar-refractivity contribution >= 4 is 10.0 Å². The van der Waals surface area contributed by atoms with Crippen molar-refractivity contribution in [2.75, 3.05) is 0 Å². The van der Waals surface area contributed by atoms with Crippen LogP contribution in [0.5, 0.6) is 0 Å². The Morgan fingerprint density at radius 3 is 2.24 bits per heavy atom. The molecule has 0 fully saturated rings. The average Bonchev–Trinajstić information content (AvgIpc) is 2.99. The zero-order chi connectivity index (χ0) is 18.0. The molecular formula is C18H14FN3O2S. The van der Waals surface area contributed by atoms with Crippen molar-refractivity contribution in [1.29, 1.82) is 0 Å². The number of rotatable bonds is 4. The smallest absolute Gasteiger partial charge is 0.238 e. The van der Waals surface area contributed by atoms with Gasteiger partial charge >= 0.3 is 0 Å². The number of primary sulfonamides is 1. The third kappa shape index (κ3) is 3.60. The van der Waals surface area contributed by atoms with Crippen LogP contribution in [0.4, 0.5) is 4.39 Å². The summed E-state index contributed by atoms with van der Waals surface area (Å²) in [6.07, 6.45) is 7.12. The molecule has 3 aromatic rings. The van der Waals surface area contributed by atoms with Crippen LogP contribution < -0.4 is 5.14 Å². The number of halogens is 1. The van der Waals surface area contributed by atoms with E-state index in [-0.39, 0.29) is 17.3 Å². The molecule has 7 heteroatoms. The number of hydrogen-bond donors (Lipinski definition) is 1. The van der Waals surface area contributed by atoms with E-state index in [1.165, 1.54) is 24.3 Å². The van der Waals surface area contributed by atoms with Gasteiger partial charge in [-0.3, -0.25) is 4.68 Å². The molecule has 0 aliphatic heterocycles. The van der Waals surface area contributed by atoms with Crippen molar-refractivity contribution in [2.24, 2.45) is 5.14 Å². The molecule has 0 amide bonds. The van der Waals surface area contributed by atoms with Crippen LogP contribution in [0.25, 0.3) is 22.4 Å². The van der Waals surface area contributed by atoms with Gasteiger partial charge in [0.25, 0.3) is 0 Å². The molecule has 2 N–H and O–H groups in total. The van der Waals surface area contributed by atoms with E-state index >= 15 is 0 Å². The summed E-state index contributed by atoms with van der Waals surface area (Å²) in [7, 11) is -3.77. The van der Waals surface area contributed by atoms with Crippen molar-refractivity contribution in [3.8, 4) is 34.7 Å². The Bertz CT molecular complexity index is 1050. The lowest BCUT2D eigenvalue weighted by molar-refractivity contribution is 0.598. The van der Waals surface area contributed by atoms with Gasteiger partial charge in [0, 0.05) is 17.3 Å². The van der Waals surface area contributed by atoms with Gasteiger partial charge < -0.3 is 0 Å². The van der Waals surface area contributed by atoms with Gasteiger partial charge in [0.1, 0.15) is 18.1 Å². The molecule has 1 heterocycles. The molecule has 1 aromatic heterocycles. The molecule has 0 spiro atoms. The Labute approximate surface area is 145 Å². The van der Waals surface area contributed by atoms with Crippen molar-refractivity contribution in [3.63, 3.8) is 0 Å². The second kappa shape index (κ2) is 6.51. The zero-order valence-corrected chi connectivity index (χ0v) is 13.9. The summed E-state index contributed by atoms with van der Waals surface area (Å²) in [5.41, 5.74) is 2.85. The molecule has 0 saturated carbocycles. The number of terminal acetylenes is 1. The minimum atomic E-state index is -3.77. The third-order valence-electron chi connectivity index (χ3n) is 3.63. The van der Waals surface area contributed by atoms with Crippen molar-refractivity contribution in [3.05, 3.63) is 60.5 Å². The van der Waals surface area contributed by atoms with Crippen LogP contribution in [0.3, 0.4) is 0 Å². The fraction of sp³-hybridized carbons (Fsp3) is 0.0556. The number of hydrogen-bond acceptors (Lipinski definition) is 3. The predicted octanol–water partition coefficient (Wildman–Crippen LogP) is 2.64. The largest absolute Gasteiger partial charge is 0.259 e. The lowest BCUT2D eigenvalue weighted by Gasteiger charge is -2.04. The maximum atomic E-state index is 13.2. The van der Waals surface area contributed by atoms with E-state index in [1.54, 1.807) is 35.1 Å². The first-order valence-corrected chi connectivity index (χ1v) is 8.83. The van der Waals surface area contributed by atoms with Gasteiger partial charge in [0.15, 0.2) is 0 Å². The maximum absolute atomic E-state index is 13.2. The molecule has 0 atom stereocenters. The molecule has 0 aliphatic rings. The highest BCUT2D eigenvalue weighted by Gasteiger charge is 2.14. The first-order chi connectivity index (χ1) is 11.9. The van der Waals surface area contributed by atoms with E-state index in [9.17, 15) is 12.8 Å². The van der Waals surface area contributed by atoms with Crippen molar-refractivity contribution in [1.82, 2.24) is 9.78 Å². The van der Waals surface area contributed by atoms with E-state index in [1.807, 2.05) is 0 Å². The minimum Gasteiger partial charge on any atom is -0.259 e. The summed E-state index contributed by atoms with van der Waals surface area (Å²) < 4.78 is 37.6. The Kier molecular flexibility index (Phi) is 4.40. The second-order valence-electron chi connectivity index (χ2n) is 5.37. The number of nitrogens with two attached hydrogens (primary N) is 1. The molecule has 0 unspecified atom stereocenters. The van der Waals surface area contributed by atoms with Gasteiger partial charge in [-0.2, -0.15) is 5.10 Å². The Hall–Kier alpha value is -2.95. The molecule has 25 heavy (non-hydrogen) atoms. The summed E-state index contributed by atoms with van der Waals surface area (Å²) in [6.45, 7) is 0.281. The maximum Gasteiger partial charge on any atom is 0.238 e.